The number of carbonyl (C=O) groups is 1. The Morgan fingerprint density at radius 3 is 2.27 bits per heavy atom. The van der Waals surface area contributed by atoms with Crippen molar-refractivity contribution in [3.63, 3.8) is 0 Å². The zero-order chi connectivity index (χ0) is 32.4. The van der Waals surface area contributed by atoms with Crippen LogP contribution in [0.3, 0.4) is 0 Å². The molecule has 2 aromatic carbocycles. The van der Waals surface area contributed by atoms with Gasteiger partial charge >= 0.3 is 12.5 Å². The van der Waals surface area contributed by atoms with Crippen LogP contribution in [0.25, 0.3) is 0 Å². The average Bonchev–Trinajstić information content (AvgIpc) is 3.57. The number of hydrogen-bond acceptors (Lipinski definition) is 9. The molecule has 0 aliphatic carbocycles. The number of ether oxygens (including phenoxy) is 2. The summed E-state index contributed by atoms with van der Waals surface area (Å²) in [5.41, 5.74) is 5.14. The van der Waals surface area contributed by atoms with E-state index < -0.39 is 65.1 Å². The van der Waals surface area contributed by atoms with Gasteiger partial charge < -0.3 is 20.5 Å². The molecular weight excluding hydrogens is 640 g/mol. The van der Waals surface area contributed by atoms with Gasteiger partial charge in [0.2, 0.25) is 0 Å². The second-order valence-corrected chi connectivity index (χ2v) is 13.1. The largest absolute Gasteiger partial charge is 0.522 e. The fourth-order valence-corrected chi connectivity index (χ4v) is 6.68. The number of halogens is 6. The van der Waals surface area contributed by atoms with Crippen LogP contribution in [0.15, 0.2) is 53.4 Å². The summed E-state index contributed by atoms with van der Waals surface area (Å²) in [6.07, 6.45) is -10.3. The number of nitrogens with zero attached hydrogens (tertiary/aromatic N) is 2. The molecule has 1 aromatic heterocycles. The van der Waals surface area contributed by atoms with Crippen molar-refractivity contribution in [1.29, 1.82) is 0 Å². The molecule has 4 rings (SSSR count). The Balaban J connectivity index is 1.64. The van der Waals surface area contributed by atoms with Gasteiger partial charge in [0, 0.05) is 6.42 Å². The van der Waals surface area contributed by atoms with Crippen molar-refractivity contribution in [1.82, 2.24) is 4.98 Å². The third-order valence-electron chi connectivity index (χ3n) is 6.95. The quantitative estimate of drug-likeness (QED) is 0.281. The van der Waals surface area contributed by atoms with Crippen molar-refractivity contribution in [3.8, 4) is 5.75 Å². The van der Waals surface area contributed by atoms with Crippen LogP contribution < -0.4 is 15.4 Å². The van der Waals surface area contributed by atoms with E-state index in [0.29, 0.717) is 5.56 Å². The van der Waals surface area contributed by atoms with Crippen LogP contribution in [0.2, 0.25) is 0 Å². The normalized spacial score (nSPS) is 18.4. The fraction of sp³-hybridized carbons (Fsp3) is 0.407. The number of thiazole rings is 1. The SMILES string of the molecule is CCS(=O)(=O)c1ccc([C@@H](CO)c2nc(N3C[C@@H](Oc4ccc(C(F)(F)F)cc4)C[C@H]3COC(F)(F)F)sc2C(N)=O)cc1. The molecule has 240 valence electrons. The highest BCUT2D eigenvalue weighted by Gasteiger charge is 2.40. The van der Waals surface area contributed by atoms with Crippen LogP contribution in [-0.4, -0.2) is 68.4 Å². The van der Waals surface area contributed by atoms with E-state index in [1.54, 1.807) is 0 Å². The van der Waals surface area contributed by atoms with E-state index >= 15 is 0 Å². The van der Waals surface area contributed by atoms with Gasteiger partial charge in [0.05, 0.1) is 53.6 Å². The maximum absolute atomic E-state index is 13.0. The van der Waals surface area contributed by atoms with Crippen LogP contribution in [0.5, 0.6) is 5.75 Å². The molecule has 0 unspecified atom stereocenters. The molecule has 44 heavy (non-hydrogen) atoms. The highest BCUT2D eigenvalue weighted by Crippen LogP contribution is 2.38. The zero-order valence-electron chi connectivity index (χ0n) is 22.9. The molecule has 1 aliphatic heterocycles. The molecule has 0 radical (unpaired) electrons. The molecule has 3 N–H and O–H groups in total. The standard InChI is InChI=1S/C27H27F6N3O6S2/c1-2-44(39,40)20-9-3-15(4-10-20)21(13-37)22-23(24(34)38)43-25(35-22)36-12-19(11-17(36)14-41-27(31,32)33)42-18-7-5-16(6-8-18)26(28,29)30/h3-10,17,19,21,37H,2,11-14H2,1H3,(H2,34,38)/t17-,19-,21+/m0/s1. The average molecular weight is 668 g/mol. The van der Waals surface area contributed by atoms with Crippen LogP contribution in [-0.2, 0) is 20.8 Å². The third kappa shape index (κ3) is 7.80. The lowest BCUT2D eigenvalue weighted by Gasteiger charge is -2.24. The van der Waals surface area contributed by atoms with Crippen molar-refractivity contribution >= 4 is 32.2 Å². The molecule has 1 aliphatic rings. The number of benzene rings is 2. The van der Waals surface area contributed by atoms with E-state index in [0.717, 1.165) is 35.6 Å². The first-order valence-electron chi connectivity index (χ1n) is 13.1. The Morgan fingerprint density at radius 2 is 1.75 bits per heavy atom. The highest BCUT2D eigenvalue weighted by atomic mass is 32.2. The Kier molecular flexibility index (Phi) is 9.82. The number of aromatic nitrogens is 1. The van der Waals surface area contributed by atoms with Gasteiger partial charge in [0.25, 0.3) is 5.91 Å². The Hall–Kier alpha value is -3.41. The van der Waals surface area contributed by atoms with E-state index in [-0.39, 0.29) is 45.1 Å². The number of anilines is 1. The highest BCUT2D eigenvalue weighted by molar-refractivity contribution is 7.91. The molecule has 0 spiro atoms. The molecular formula is C27H27F6N3O6S2. The number of nitrogens with two attached hydrogens (primary N) is 1. The van der Waals surface area contributed by atoms with Gasteiger partial charge in [0.15, 0.2) is 15.0 Å². The van der Waals surface area contributed by atoms with Crippen LogP contribution in [0.4, 0.5) is 31.5 Å². The minimum absolute atomic E-state index is 0.0330. The van der Waals surface area contributed by atoms with Gasteiger partial charge in [-0.05, 0) is 42.0 Å². The van der Waals surface area contributed by atoms with Crippen molar-refractivity contribution in [2.45, 2.75) is 48.8 Å². The Morgan fingerprint density at radius 1 is 1.11 bits per heavy atom. The predicted molar refractivity (Wildman–Crippen MR) is 147 cm³/mol. The number of alkyl halides is 6. The van der Waals surface area contributed by atoms with Crippen LogP contribution in [0, 0.1) is 0 Å². The zero-order valence-corrected chi connectivity index (χ0v) is 24.6. The first kappa shape index (κ1) is 33.5. The second-order valence-electron chi connectivity index (χ2n) is 9.84. The van der Waals surface area contributed by atoms with E-state index in [9.17, 15) is 44.7 Å². The summed E-state index contributed by atoms with van der Waals surface area (Å²) in [5.74, 6) is -1.91. The molecule has 2 heterocycles. The van der Waals surface area contributed by atoms with E-state index in [1.807, 2.05) is 0 Å². The number of aliphatic hydroxyl groups is 1. The number of aliphatic hydroxyl groups excluding tert-OH is 1. The maximum Gasteiger partial charge on any atom is 0.522 e. The Labute approximate surface area is 252 Å². The van der Waals surface area contributed by atoms with Gasteiger partial charge in [-0.25, -0.2) is 13.4 Å². The summed E-state index contributed by atoms with van der Waals surface area (Å²) in [4.78, 5) is 18.3. The van der Waals surface area contributed by atoms with E-state index in [4.69, 9.17) is 10.5 Å². The number of hydrogen-bond donors (Lipinski definition) is 2. The lowest BCUT2D eigenvalue weighted by atomic mass is 9.95. The monoisotopic (exact) mass is 667 g/mol. The van der Waals surface area contributed by atoms with Crippen LogP contribution >= 0.6 is 11.3 Å². The van der Waals surface area contributed by atoms with Gasteiger partial charge in [-0.2, -0.15) is 13.2 Å². The number of rotatable bonds is 11. The maximum atomic E-state index is 13.0. The molecule has 1 fully saturated rings. The minimum Gasteiger partial charge on any atom is -0.489 e. The van der Waals surface area contributed by atoms with Crippen molar-refractivity contribution < 1.29 is 54.1 Å². The second kappa shape index (κ2) is 12.9. The van der Waals surface area contributed by atoms with E-state index in [2.05, 4.69) is 9.72 Å². The third-order valence-corrected chi connectivity index (χ3v) is 9.82. The molecule has 1 saturated heterocycles. The molecule has 3 atom stereocenters. The van der Waals surface area contributed by atoms with Gasteiger partial charge in [-0.3, -0.25) is 9.53 Å². The van der Waals surface area contributed by atoms with Crippen molar-refractivity contribution in [2.75, 3.05) is 30.4 Å². The molecule has 1 amide bonds. The van der Waals surface area contributed by atoms with Crippen molar-refractivity contribution in [3.05, 3.63) is 70.2 Å². The number of amides is 1. The summed E-state index contributed by atoms with van der Waals surface area (Å²) in [5, 5.41) is 10.3. The fourth-order valence-electron chi connectivity index (χ4n) is 4.74. The predicted octanol–water partition coefficient (Wildman–Crippen LogP) is 4.74. The van der Waals surface area contributed by atoms with Gasteiger partial charge in [-0.1, -0.05) is 30.4 Å². The summed E-state index contributed by atoms with van der Waals surface area (Å²) in [6.45, 7) is 0.0171. The minimum atomic E-state index is -4.95. The van der Waals surface area contributed by atoms with Gasteiger partial charge in [0.1, 0.15) is 16.7 Å². The van der Waals surface area contributed by atoms with Crippen LogP contribution in [0.1, 0.15) is 45.8 Å². The molecule has 0 bridgehead atoms. The molecule has 3 aromatic rings. The van der Waals surface area contributed by atoms with Gasteiger partial charge in [-0.15, -0.1) is 13.2 Å². The summed E-state index contributed by atoms with van der Waals surface area (Å²) < 4.78 is 112. The van der Waals surface area contributed by atoms with E-state index in [1.165, 1.54) is 36.1 Å². The first-order chi connectivity index (χ1) is 20.5. The summed E-state index contributed by atoms with van der Waals surface area (Å²) in [7, 11) is -3.51. The first-order valence-corrected chi connectivity index (χ1v) is 15.5. The molecule has 9 nitrogen and oxygen atoms in total. The smallest absolute Gasteiger partial charge is 0.489 e. The Bertz CT molecular complexity index is 1560. The van der Waals surface area contributed by atoms with Crippen molar-refractivity contribution in [2.24, 2.45) is 5.73 Å². The lowest BCUT2D eigenvalue weighted by Crippen LogP contribution is -2.35. The number of primary amides is 1. The lowest BCUT2D eigenvalue weighted by molar-refractivity contribution is -0.325. The number of carbonyl (C=O) groups excluding carboxylic acids is 1. The molecule has 0 saturated carbocycles. The number of sulfone groups is 1. The summed E-state index contributed by atoms with van der Waals surface area (Å²) in [6, 6.07) is 8.47. The topological polar surface area (TPSA) is 132 Å². The molecule has 17 heteroatoms. The summed E-state index contributed by atoms with van der Waals surface area (Å²) >= 11 is 0.780.